The number of aromatic nitrogens is 6. The van der Waals surface area contributed by atoms with Crippen molar-refractivity contribution >= 4 is 22.3 Å². The molecule has 0 aliphatic carbocycles. The van der Waals surface area contributed by atoms with E-state index in [0.29, 0.717) is 0 Å². The number of piperazine rings is 1. The van der Waals surface area contributed by atoms with E-state index in [2.05, 4.69) is 50.9 Å². The molecule has 0 aromatic carbocycles. The molecule has 0 radical (unpaired) electrons. The van der Waals surface area contributed by atoms with E-state index in [1.165, 1.54) is 0 Å². The molecule has 8 nitrogen and oxygen atoms in total. The van der Waals surface area contributed by atoms with Gasteiger partial charge in [0.15, 0.2) is 0 Å². The maximum atomic E-state index is 4.78. The fourth-order valence-electron chi connectivity index (χ4n) is 2.97. The number of nitrogens with zero attached hydrogens (tertiary/aromatic N) is 8. The Hall–Kier alpha value is -2.55. The third-order valence-electron chi connectivity index (χ3n) is 4.55. The van der Waals surface area contributed by atoms with Gasteiger partial charge < -0.3 is 9.80 Å². The number of rotatable bonds is 3. The molecule has 27 heavy (non-hydrogen) atoms. The van der Waals surface area contributed by atoms with Crippen LogP contribution in [0.1, 0.15) is 25.8 Å². The third kappa shape index (κ3) is 3.78. The molecule has 0 unspecified atom stereocenters. The molecule has 0 bridgehead atoms. The van der Waals surface area contributed by atoms with Crippen LogP contribution in [0.25, 0.3) is 11.3 Å². The van der Waals surface area contributed by atoms with Crippen LogP contribution >= 0.6 is 11.3 Å². The minimum atomic E-state index is 0.0417. The van der Waals surface area contributed by atoms with Crippen molar-refractivity contribution in [1.82, 2.24) is 29.9 Å². The van der Waals surface area contributed by atoms with Crippen LogP contribution in [0.4, 0.5) is 10.9 Å². The summed E-state index contributed by atoms with van der Waals surface area (Å²) in [6.45, 7) is 10.1. The summed E-state index contributed by atoms with van der Waals surface area (Å²) < 4.78 is 1.77. The molecule has 0 amide bonds. The van der Waals surface area contributed by atoms with Crippen LogP contribution in [0.15, 0.2) is 24.8 Å². The molecular weight excluding hydrogens is 360 g/mol. The summed E-state index contributed by atoms with van der Waals surface area (Å²) in [7, 11) is 1.90. The van der Waals surface area contributed by atoms with Crippen molar-refractivity contribution in [1.29, 1.82) is 0 Å². The molecule has 3 aromatic heterocycles. The summed E-state index contributed by atoms with van der Waals surface area (Å²) in [5.74, 6) is 0.906. The summed E-state index contributed by atoms with van der Waals surface area (Å²) in [6, 6.07) is 0. The number of hydrogen-bond acceptors (Lipinski definition) is 8. The van der Waals surface area contributed by atoms with Gasteiger partial charge in [-0.3, -0.25) is 9.67 Å². The van der Waals surface area contributed by atoms with E-state index in [4.69, 9.17) is 4.98 Å². The van der Waals surface area contributed by atoms with Crippen molar-refractivity contribution in [3.05, 3.63) is 29.8 Å². The molecule has 4 rings (SSSR count). The highest BCUT2D eigenvalue weighted by atomic mass is 32.1. The van der Waals surface area contributed by atoms with Gasteiger partial charge in [-0.2, -0.15) is 5.10 Å². The van der Waals surface area contributed by atoms with Crippen LogP contribution < -0.4 is 9.80 Å². The molecule has 9 heteroatoms. The van der Waals surface area contributed by atoms with Gasteiger partial charge in [0.2, 0.25) is 5.13 Å². The van der Waals surface area contributed by atoms with Crippen LogP contribution in [0.3, 0.4) is 0 Å². The molecule has 4 heterocycles. The van der Waals surface area contributed by atoms with E-state index < -0.39 is 0 Å². The van der Waals surface area contributed by atoms with Crippen LogP contribution in [-0.4, -0.2) is 56.1 Å². The molecule has 1 aliphatic rings. The standard InChI is InChI=1S/C18H24N8S/c1-18(2,3)16-22-23-17(27-16)26-7-5-25(6-8-26)15-11-19-10-14(21-15)13-9-20-24(4)12-13/h9-12H,5-8H2,1-4H3. The lowest BCUT2D eigenvalue weighted by atomic mass is 9.98. The third-order valence-corrected chi connectivity index (χ3v) is 5.96. The van der Waals surface area contributed by atoms with Crippen LogP contribution in [-0.2, 0) is 12.5 Å². The largest absolute Gasteiger partial charge is 0.352 e. The predicted octanol–water partition coefficient (Wildman–Crippen LogP) is 2.35. The van der Waals surface area contributed by atoms with E-state index in [1.54, 1.807) is 22.2 Å². The molecule has 0 saturated carbocycles. The van der Waals surface area contributed by atoms with Gasteiger partial charge in [0.05, 0.1) is 24.3 Å². The van der Waals surface area contributed by atoms with Gasteiger partial charge in [-0.15, -0.1) is 10.2 Å². The van der Waals surface area contributed by atoms with Crippen molar-refractivity contribution in [2.75, 3.05) is 36.0 Å². The Morgan fingerprint density at radius 2 is 1.70 bits per heavy atom. The van der Waals surface area contributed by atoms with Gasteiger partial charge >= 0.3 is 0 Å². The van der Waals surface area contributed by atoms with Crippen molar-refractivity contribution in [3.8, 4) is 11.3 Å². The van der Waals surface area contributed by atoms with Gasteiger partial charge in [-0.1, -0.05) is 32.1 Å². The first-order chi connectivity index (χ1) is 12.9. The molecule has 1 aliphatic heterocycles. The Balaban J connectivity index is 1.44. The van der Waals surface area contributed by atoms with E-state index in [-0.39, 0.29) is 5.41 Å². The summed E-state index contributed by atoms with van der Waals surface area (Å²) >= 11 is 1.69. The highest BCUT2D eigenvalue weighted by molar-refractivity contribution is 7.15. The Labute approximate surface area is 162 Å². The molecule has 1 fully saturated rings. The molecule has 0 N–H and O–H groups in total. The lowest BCUT2D eigenvalue weighted by Crippen LogP contribution is -2.46. The minimum absolute atomic E-state index is 0.0417. The number of anilines is 2. The fourth-order valence-corrected chi connectivity index (χ4v) is 3.93. The first-order valence-electron chi connectivity index (χ1n) is 9.05. The lowest BCUT2D eigenvalue weighted by molar-refractivity contribution is 0.577. The molecule has 0 spiro atoms. The minimum Gasteiger partial charge on any atom is -0.352 e. The maximum absolute atomic E-state index is 4.78. The first-order valence-corrected chi connectivity index (χ1v) is 9.87. The van der Waals surface area contributed by atoms with Crippen molar-refractivity contribution in [2.24, 2.45) is 7.05 Å². The smallest absolute Gasteiger partial charge is 0.208 e. The summed E-state index contributed by atoms with van der Waals surface area (Å²) in [4.78, 5) is 13.7. The van der Waals surface area contributed by atoms with E-state index in [1.807, 2.05) is 25.6 Å². The topological polar surface area (TPSA) is 75.9 Å². The normalized spacial score (nSPS) is 15.4. The summed E-state index contributed by atoms with van der Waals surface area (Å²) in [5.41, 5.74) is 1.87. The SMILES string of the molecule is Cn1cc(-c2cncc(N3CCN(c4nnc(C(C)(C)C)s4)CC3)n2)cn1. The number of hydrogen-bond donors (Lipinski definition) is 0. The zero-order valence-corrected chi connectivity index (χ0v) is 16.9. The molecule has 0 atom stereocenters. The average molecular weight is 385 g/mol. The lowest BCUT2D eigenvalue weighted by Gasteiger charge is -2.34. The highest BCUT2D eigenvalue weighted by Crippen LogP contribution is 2.30. The predicted molar refractivity (Wildman–Crippen MR) is 107 cm³/mol. The second-order valence-corrected chi connectivity index (χ2v) is 8.74. The van der Waals surface area contributed by atoms with Gasteiger partial charge in [0.1, 0.15) is 10.8 Å². The zero-order chi connectivity index (χ0) is 19.0. The number of aryl methyl sites for hydroxylation is 1. The Morgan fingerprint density at radius 1 is 0.963 bits per heavy atom. The van der Waals surface area contributed by atoms with Crippen molar-refractivity contribution in [3.63, 3.8) is 0 Å². The van der Waals surface area contributed by atoms with Crippen LogP contribution in [0, 0.1) is 0 Å². The van der Waals surface area contributed by atoms with Gasteiger partial charge in [0, 0.05) is 50.4 Å². The van der Waals surface area contributed by atoms with E-state index in [0.717, 1.165) is 53.4 Å². The Kier molecular flexibility index (Phi) is 4.55. The second kappa shape index (κ2) is 6.88. The quantitative estimate of drug-likeness (QED) is 0.686. The summed E-state index contributed by atoms with van der Waals surface area (Å²) in [5, 5.41) is 15.1. The Morgan fingerprint density at radius 3 is 2.33 bits per heavy atom. The zero-order valence-electron chi connectivity index (χ0n) is 16.1. The van der Waals surface area contributed by atoms with Gasteiger partial charge in [-0.25, -0.2) is 4.98 Å². The van der Waals surface area contributed by atoms with Crippen molar-refractivity contribution in [2.45, 2.75) is 26.2 Å². The van der Waals surface area contributed by atoms with Crippen LogP contribution in [0.5, 0.6) is 0 Å². The van der Waals surface area contributed by atoms with E-state index >= 15 is 0 Å². The van der Waals surface area contributed by atoms with Gasteiger partial charge in [0.25, 0.3) is 0 Å². The Bertz CT molecular complexity index is 917. The monoisotopic (exact) mass is 384 g/mol. The van der Waals surface area contributed by atoms with E-state index in [9.17, 15) is 0 Å². The fraction of sp³-hybridized carbons (Fsp3) is 0.500. The first kappa shape index (κ1) is 17.8. The molecule has 3 aromatic rings. The van der Waals surface area contributed by atoms with Gasteiger partial charge in [-0.05, 0) is 0 Å². The molecule has 1 saturated heterocycles. The maximum Gasteiger partial charge on any atom is 0.208 e. The molecule has 142 valence electrons. The highest BCUT2D eigenvalue weighted by Gasteiger charge is 2.24. The average Bonchev–Trinajstić information content (AvgIpc) is 3.31. The van der Waals surface area contributed by atoms with Crippen LogP contribution in [0.2, 0.25) is 0 Å². The van der Waals surface area contributed by atoms with Crippen molar-refractivity contribution < 1.29 is 0 Å². The molecular formula is C18H24N8S. The summed E-state index contributed by atoms with van der Waals surface area (Å²) in [6.07, 6.45) is 7.38. The second-order valence-electron chi connectivity index (χ2n) is 7.78.